The molecule has 1 aliphatic rings. The Morgan fingerprint density at radius 3 is 2.88 bits per heavy atom. The molecule has 0 radical (unpaired) electrons. The second kappa shape index (κ2) is 5.19. The van der Waals surface area contributed by atoms with E-state index in [9.17, 15) is 0 Å². The molecule has 2 unspecified atom stereocenters. The van der Waals surface area contributed by atoms with Gasteiger partial charge in [0.2, 0.25) is 0 Å². The van der Waals surface area contributed by atoms with Crippen molar-refractivity contribution in [2.45, 2.75) is 13.8 Å². The van der Waals surface area contributed by atoms with E-state index in [2.05, 4.69) is 21.8 Å². The summed E-state index contributed by atoms with van der Waals surface area (Å²) in [5.41, 5.74) is 0. The smallest absolute Gasteiger partial charge is 0.134 e. The highest BCUT2D eigenvalue weighted by molar-refractivity contribution is 6.29. The van der Waals surface area contributed by atoms with E-state index in [1.807, 2.05) is 13.0 Å². The number of hydrogen-bond acceptors (Lipinski definition) is 4. The molecule has 0 aliphatic carbocycles. The fourth-order valence-electron chi connectivity index (χ4n) is 2.33. The number of aromatic nitrogens is 2. The summed E-state index contributed by atoms with van der Waals surface area (Å²) in [7, 11) is 1.75. The molecule has 5 heteroatoms. The van der Waals surface area contributed by atoms with Gasteiger partial charge in [0.25, 0.3) is 0 Å². The van der Waals surface area contributed by atoms with Crippen LogP contribution in [0.25, 0.3) is 0 Å². The van der Waals surface area contributed by atoms with Crippen molar-refractivity contribution < 1.29 is 4.74 Å². The average Bonchev–Trinajstić information content (AvgIpc) is 2.60. The number of aryl methyl sites for hydroxylation is 1. The van der Waals surface area contributed by atoms with E-state index in [0.29, 0.717) is 17.0 Å². The number of hydrogen-bond donors (Lipinski definition) is 0. The van der Waals surface area contributed by atoms with Gasteiger partial charge in [0, 0.05) is 32.2 Å². The molecule has 94 valence electrons. The van der Waals surface area contributed by atoms with Gasteiger partial charge in [-0.1, -0.05) is 18.5 Å². The summed E-state index contributed by atoms with van der Waals surface area (Å²) in [6.45, 7) is 6.89. The zero-order chi connectivity index (χ0) is 12.4. The van der Waals surface area contributed by atoms with E-state index in [4.69, 9.17) is 16.3 Å². The maximum absolute atomic E-state index is 5.96. The zero-order valence-electron chi connectivity index (χ0n) is 10.5. The molecule has 1 aromatic rings. The first-order valence-corrected chi connectivity index (χ1v) is 6.23. The minimum absolute atomic E-state index is 0.510. The van der Waals surface area contributed by atoms with Crippen molar-refractivity contribution >= 4 is 17.4 Å². The minimum Gasteiger partial charge on any atom is -0.384 e. The van der Waals surface area contributed by atoms with Gasteiger partial charge in [0.15, 0.2) is 0 Å². The number of methoxy groups -OCH3 is 1. The van der Waals surface area contributed by atoms with Crippen LogP contribution in [0, 0.1) is 18.8 Å². The second-order valence-electron chi connectivity index (χ2n) is 4.69. The molecule has 2 heterocycles. The van der Waals surface area contributed by atoms with E-state index in [-0.39, 0.29) is 0 Å². The maximum atomic E-state index is 5.96. The third kappa shape index (κ3) is 2.87. The lowest BCUT2D eigenvalue weighted by molar-refractivity contribution is 0.144. The summed E-state index contributed by atoms with van der Waals surface area (Å²) in [4.78, 5) is 10.8. The molecule has 4 nitrogen and oxygen atoms in total. The van der Waals surface area contributed by atoms with Gasteiger partial charge >= 0.3 is 0 Å². The van der Waals surface area contributed by atoms with E-state index in [1.54, 1.807) is 7.11 Å². The van der Waals surface area contributed by atoms with Crippen LogP contribution in [0.3, 0.4) is 0 Å². The quantitative estimate of drug-likeness (QED) is 0.776. The predicted octanol–water partition coefficient (Wildman–Crippen LogP) is 2.16. The van der Waals surface area contributed by atoms with Crippen molar-refractivity contribution in [2.24, 2.45) is 11.8 Å². The molecule has 0 aromatic carbocycles. The standard InChI is InChI=1S/C12H18ClN3O/c1-8-5-16(6-10(8)7-17-3)12-4-11(13)14-9(2)15-12/h4,8,10H,5-7H2,1-3H3. The Labute approximate surface area is 107 Å². The number of halogens is 1. The highest BCUT2D eigenvalue weighted by atomic mass is 35.5. The highest BCUT2D eigenvalue weighted by Gasteiger charge is 2.30. The summed E-state index contributed by atoms with van der Waals surface area (Å²) in [6.07, 6.45) is 0. The van der Waals surface area contributed by atoms with Crippen molar-refractivity contribution in [1.82, 2.24) is 9.97 Å². The van der Waals surface area contributed by atoms with Crippen molar-refractivity contribution in [3.05, 3.63) is 17.0 Å². The van der Waals surface area contributed by atoms with Gasteiger partial charge in [-0.3, -0.25) is 0 Å². The number of anilines is 1. The number of ether oxygens (including phenoxy) is 1. The first-order chi connectivity index (χ1) is 8.10. The summed E-state index contributed by atoms with van der Waals surface area (Å²) >= 11 is 5.96. The van der Waals surface area contributed by atoms with Crippen LogP contribution >= 0.6 is 11.6 Å². The molecule has 1 aliphatic heterocycles. The Hall–Kier alpha value is -0.870. The lowest BCUT2D eigenvalue weighted by Gasteiger charge is -2.17. The zero-order valence-corrected chi connectivity index (χ0v) is 11.2. The van der Waals surface area contributed by atoms with Gasteiger partial charge in [-0.15, -0.1) is 0 Å². The number of nitrogens with zero attached hydrogens (tertiary/aromatic N) is 3. The van der Waals surface area contributed by atoms with Gasteiger partial charge in [-0.25, -0.2) is 9.97 Å². The number of rotatable bonds is 3. The van der Waals surface area contributed by atoms with Crippen LogP contribution in [0.1, 0.15) is 12.7 Å². The normalized spacial score (nSPS) is 24.4. The van der Waals surface area contributed by atoms with Gasteiger partial charge in [-0.05, 0) is 12.8 Å². The van der Waals surface area contributed by atoms with Gasteiger partial charge in [0.1, 0.15) is 16.8 Å². The molecule has 0 saturated carbocycles. The Balaban J connectivity index is 2.13. The molecule has 2 atom stereocenters. The van der Waals surface area contributed by atoms with E-state index < -0.39 is 0 Å². The van der Waals surface area contributed by atoms with Gasteiger partial charge in [0.05, 0.1) is 6.61 Å². The lowest BCUT2D eigenvalue weighted by atomic mass is 10.00. The summed E-state index contributed by atoms with van der Waals surface area (Å²) in [5, 5.41) is 0.510. The van der Waals surface area contributed by atoms with Crippen LogP contribution in [-0.2, 0) is 4.74 Å². The summed E-state index contributed by atoms with van der Waals surface area (Å²) < 4.78 is 5.24. The molecular weight excluding hydrogens is 238 g/mol. The SMILES string of the molecule is COCC1CN(c2cc(Cl)nc(C)n2)CC1C. The molecular formula is C12H18ClN3O. The van der Waals surface area contributed by atoms with Crippen molar-refractivity contribution in [1.29, 1.82) is 0 Å². The summed E-state index contributed by atoms with van der Waals surface area (Å²) in [5.74, 6) is 2.82. The van der Waals surface area contributed by atoms with E-state index >= 15 is 0 Å². The Bertz CT molecular complexity index is 379. The first kappa shape index (κ1) is 12.6. The molecule has 1 fully saturated rings. The minimum atomic E-state index is 0.510. The molecule has 2 rings (SSSR count). The van der Waals surface area contributed by atoms with E-state index in [1.165, 1.54) is 0 Å². The molecule has 0 bridgehead atoms. The van der Waals surface area contributed by atoms with Gasteiger partial charge in [-0.2, -0.15) is 0 Å². The van der Waals surface area contributed by atoms with Crippen LogP contribution in [0.2, 0.25) is 5.15 Å². The van der Waals surface area contributed by atoms with Crippen LogP contribution in [-0.4, -0.2) is 36.8 Å². The van der Waals surface area contributed by atoms with Crippen LogP contribution in [0.5, 0.6) is 0 Å². The lowest BCUT2D eigenvalue weighted by Crippen LogP contribution is -2.22. The van der Waals surface area contributed by atoms with Crippen molar-refractivity contribution in [3.8, 4) is 0 Å². The topological polar surface area (TPSA) is 38.2 Å². The Kier molecular flexibility index (Phi) is 3.84. The second-order valence-corrected chi connectivity index (χ2v) is 5.08. The monoisotopic (exact) mass is 255 g/mol. The molecule has 1 saturated heterocycles. The van der Waals surface area contributed by atoms with Crippen LogP contribution in [0.4, 0.5) is 5.82 Å². The van der Waals surface area contributed by atoms with Crippen molar-refractivity contribution in [2.75, 3.05) is 31.7 Å². The predicted molar refractivity (Wildman–Crippen MR) is 68.5 cm³/mol. The third-order valence-electron chi connectivity index (χ3n) is 3.27. The molecule has 0 amide bonds. The molecule has 0 N–H and O–H groups in total. The Morgan fingerprint density at radius 1 is 1.47 bits per heavy atom. The molecule has 1 aromatic heterocycles. The highest BCUT2D eigenvalue weighted by Crippen LogP contribution is 2.28. The average molecular weight is 256 g/mol. The van der Waals surface area contributed by atoms with Gasteiger partial charge < -0.3 is 9.64 Å². The largest absolute Gasteiger partial charge is 0.384 e. The summed E-state index contributed by atoms with van der Waals surface area (Å²) in [6, 6.07) is 1.83. The maximum Gasteiger partial charge on any atom is 0.134 e. The fourth-order valence-corrected chi connectivity index (χ4v) is 2.55. The third-order valence-corrected chi connectivity index (χ3v) is 3.46. The van der Waals surface area contributed by atoms with Crippen LogP contribution in [0.15, 0.2) is 6.07 Å². The van der Waals surface area contributed by atoms with Crippen molar-refractivity contribution in [3.63, 3.8) is 0 Å². The van der Waals surface area contributed by atoms with Crippen LogP contribution < -0.4 is 4.90 Å². The molecule has 17 heavy (non-hydrogen) atoms. The first-order valence-electron chi connectivity index (χ1n) is 5.85. The van der Waals surface area contributed by atoms with E-state index in [0.717, 1.165) is 31.3 Å². The Morgan fingerprint density at radius 2 is 2.24 bits per heavy atom. The molecule has 0 spiro atoms. The fraction of sp³-hybridized carbons (Fsp3) is 0.667.